The first-order valence-corrected chi connectivity index (χ1v) is 10.6. The van der Waals surface area contributed by atoms with Gasteiger partial charge in [0.1, 0.15) is 0 Å². The second-order valence-corrected chi connectivity index (χ2v) is 8.21. The summed E-state index contributed by atoms with van der Waals surface area (Å²) in [5.41, 5.74) is 3.43. The topological polar surface area (TPSA) is 73.8 Å². The van der Waals surface area contributed by atoms with E-state index in [9.17, 15) is 9.59 Å². The molecule has 1 heterocycles. The number of para-hydroxylation sites is 1. The van der Waals surface area contributed by atoms with Gasteiger partial charge in [-0.1, -0.05) is 76.1 Å². The van der Waals surface area contributed by atoms with Gasteiger partial charge >= 0.3 is 6.03 Å². The van der Waals surface area contributed by atoms with E-state index in [0.29, 0.717) is 16.4 Å². The largest absolute Gasteiger partial charge is 0.321 e. The van der Waals surface area contributed by atoms with Crippen LogP contribution in [0.15, 0.2) is 82.3 Å². The highest BCUT2D eigenvalue weighted by molar-refractivity contribution is 9.10. The number of nitrogens with one attached hydrogen (secondary N) is 2. The summed E-state index contributed by atoms with van der Waals surface area (Å²) in [5.74, 6) is -0.351. The summed E-state index contributed by atoms with van der Waals surface area (Å²) in [5, 5.41) is 5.71. The molecule has 0 bridgehead atoms. The van der Waals surface area contributed by atoms with Crippen molar-refractivity contribution in [3.05, 3.63) is 93.4 Å². The number of benzodiazepines with no additional fused rings is 1. The summed E-state index contributed by atoms with van der Waals surface area (Å²) in [7, 11) is 1.67. The maximum Gasteiger partial charge on any atom is 0.321 e. The number of carbonyl (C=O) groups excluding carboxylic acids is 2. The minimum absolute atomic E-state index is 0.351. The monoisotopic (exact) mass is 496 g/mol. The van der Waals surface area contributed by atoms with Gasteiger partial charge in [0.2, 0.25) is 6.17 Å². The number of aliphatic imine (C=N–C) groups is 1. The van der Waals surface area contributed by atoms with Crippen molar-refractivity contribution in [2.24, 2.45) is 4.99 Å². The second kappa shape index (κ2) is 8.91. The van der Waals surface area contributed by atoms with Gasteiger partial charge < -0.3 is 15.5 Å². The quantitative estimate of drug-likeness (QED) is 0.530. The maximum atomic E-state index is 13.1. The molecule has 0 saturated carbocycles. The summed E-state index contributed by atoms with van der Waals surface area (Å²) in [6.45, 7) is 0. The molecule has 1 atom stereocenters. The van der Waals surface area contributed by atoms with Gasteiger partial charge in [-0.3, -0.25) is 4.79 Å². The van der Waals surface area contributed by atoms with Crippen molar-refractivity contribution in [2.75, 3.05) is 17.3 Å². The molecule has 3 aromatic carbocycles. The van der Waals surface area contributed by atoms with Crippen molar-refractivity contribution >= 4 is 56.6 Å². The third kappa shape index (κ3) is 4.47. The molecule has 0 saturated heterocycles. The smallest absolute Gasteiger partial charge is 0.311 e. The molecular weight excluding hydrogens is 480 g/mol. The molecule has 0 fully saturated rings. The van der Waals surface area contributed by atoms with Crippen LogP contribution in [0.3, 0.4) is 0 Å². The van der Waals surface area contributed by atoms with Crippen LogP contribution in [0, 0.1) is 0 Å². The Hall–Kier alpha value is -3.16. The van der Waals surface area contributed by atoms with E-state index >= 15 is 0 Å². The van der Waals surface area contributed by atoms with Gasteiger partial charge in [0.25, 0.3) is 5.91 Å². The van der Waals surface area contributed by atoms with Crippen molar-refractivity contribution in [1.29, 1.82) is 0 Å². The van der Waals surface area contributed by atoms with Gasteiger partial charge in [-0.2, -0.15) is 0 Å². The number of benzene rings is 3. The van der Waals surface area contributed by atoms with Crippen molar-refractivity contribution in [3.63, 3.8) is 0 Å². The molecule has 4 rings (SSSR count). The summed E-state index contributed by atoms with van der Waals surface area (Å²) in [6, 6.07) is 21.6. The number of urea groups is 1. The first-order chi connectivity index (χ1) is 14.9. The minimum Gasteiger partial charge on any atom is -0.311 e. The molecule has 0 spiro atoms. The third-order valence-corrected chi connectivity index (χ3v) is 5.64. The average molecular weight is 498 g/mol. The number of hydrogen-bond donors (Lipinski definition) is 2. The number of amides is 3. The zero-order valence-corrected chi connectivity index (χ0v) is 18.8. The highest BCUT2D eigenvalue weighted by atomic mass is 79.9. The fourth-order valence-electron chi connectivity index (χ4n) is 3.32. The molecule has 31 heavy (non-hydrogen) atoms. The van der Waals surface area contributed by atoms with E-state index < -0.39 is 12.2 Å². The summed E-state index contributed by atoms with van der Waals surface area (Å²) in [4.78, 5) is 32.0. The van der Waals surface area contributed by atoms with Crippen LogP contribution < -0.4 is 15.5 Å². The van der Waals surface area contributed by atoms with Crippen LogP contribution in [0.1, 0.15) is 11.1 Å². The van der Waals surface area contributed by atoms with Crippen molar-refractivity contribution in [1.82, 2.24) is 5.32 Å². The number of nitrogens with zero attached hydrogens (tertiary/aromatic N) is 2. The molecule has 1 aliphatic heterocycles. The molecule has 0 radical (unpaired) electrons. The van der Waals surface area contributed by atoms with Crippen LogP contribution in [-0.4, -0.2) is 30.9 Å². The van der Waals surface area contributed by atoms with Gasteiger partial charge in [-0.15, -0.1) is 0 Å². The molecule has 3 aromatic rings. The fourth-order valence-corrected chi connectivity index (χ4v) is 4.04. The van der Waals surface area contributed by atoms with Gasteiger partial charge in [0.15, 0.2) is 0 Å². The molecule has 0 aliphatic carbocycles. The molecule has 2 N–H and O–H groups in total. The number of halogens is 2. The predicted octanol–water partition coefficient (Wildman–Crippen LogP) is 5.06. The van der Waals surface area contributed by atoms with E-state index in [4.69, 9.17) is 11.6 Å². The Bertz CT molecular complexity index is 1180. The Morgan fingerprint density at radius 2 is 1.77 bits per heavy atom. The standard InChI is InChI=1S/C23H18BrClN4O2/c1-29-19-10-6-5-9-16(19)20(14-7-3-2-4-8-14)27-21(22(29)30)28-23(31)26-18-12-11-15(24)13-17(18)25/h2-13,21H,1H3,(H2,26,28,31)/t21-/m0/s1. The van der Waals surface area contributed by atoms with Crippen LogP contribution >= 0.6 is 27.5 Å². The maximum absolute atomic E-state index is 13.1. The third-order valence-electron chi connectivity index (χ3n) is 4.84. The van der Waals surface area contributed by atoms with Crippen LogP contribution in [-0.2, 0) is 4.79 Å². The number of rotatable bonds is 3. The molecule has 1 aliphatic rings. The molecule has 8 heteroatoms. The Morgan fingerprint density at radius 3 is 2.52 bits per heavy atom. The molecule has 0 unspecified atom stereocenters. The summed E-state index contributed by atoms with van der Waals surface area (Å²) < 4.78 is 0.791. The Labute approximate surface area is 193 Å². The van der Waals surface area contributed by atoms with Crippen molar-refractivity contribution in [2.45, 2.75) is 6.17 Å². The highest BCUT2D eigenvalue weighted by Crippen LogP contribution is 2.28. The van der Waals surface area contributed by atoms with E-state index in [2.05, 4.69) is 31.6 Å². The van der Waals surface area contributed by atoms with E-state index in [0.717, 1.165) is 21.3 Å². The number of hydrogen-bond acceptors (Lipinski definition) is 3. The predicted molar refractivity (Wildman–Crippen MR) is 127 cm³/mol. The molecule has 3 amide bonds. The molecule has 6 nitrogen and oxygen atoms in total. The van der Waals surface area contributed by atoms with E-state index in [1.807, 2.05) is 54.6 Å². The lowest BCUT2D eigenvalue weighted by atomic mass is 10.0. The van der Waals surface area contributed by atoms with Gasteiger partial charge in [0, 0.05) is 22.6 Å². The first-order valence-electron chi connectivity index (χ1n) is 9.47. The van der Waals surface area contributed by atoms with Gasteiger partial charge in [-0.25, -0.2) is 9.79 Å². The van der Waals surface area contributed by atoms with Gasteiger partial charge in [-0.05, 0) is 24.3 Å². The zero-order chi connectivity index (χ0) is 22.0. The number of carbonyl (C=O) groups is 2. The van der Waals surface area contributed by atoms with Crippen molar-refractivity contribution < 1.29 is 9.59 Å². The highest BCUT2D eigenvalue weighted by Gasteiger charge is 2.31. The van der Waals surface area contributed by atoms with Crippen LogP contribution in [0.4, 0.5) is 16.2 Å². The minimum atomic E-state index is -1.11. The average Bonchev–Trinajstić information content (AvgIpc) is 2.87. The lowest BCUT2D eigenvalue weighted by Crippen LogP contribution is -2.47. The van der Waals surface area contributed by atoms with Crippen LogP contribution in [0.5, 0.6) is 0 Å². The number of anilines is 2. The van der Waals surface area contributed by atoms with Crippen molar-refractivity contribution in [3.8, 4) is 0 Å². The van der Waals surface area contributed by atoms with Crippen LogP contribution in [0.25, 0.3) is 0 Å². The first kappa shape index (κ1) is 21.1. The lowest BCUT2D eigenvalue weighted by molar-refractivity contribution is -0.119. The summed E-state index contributed by atoms with van der Waals surface area (Å²) >= 11 is 9.51. The number of fused-ring (bicyclic) bond motifs is 1. The Balaban J connectivity index is 1.68. The summed E-state index contributed by atoms with van der Waals surface area (Å²) in [6.07, 6.45) is -1.11. The van der Waals surface area contributed by atoms with E-state index in [1.54, 1.807) is 25.2 Å². The Kier molecular flexibility index (Phi) is 6.06. The molecule has 156 valence electrons. The lowest BCUT2D eigenvalue weighted by Gasteiger charge is -2.21. The van der Waals surface area contributed by atoms with E-state index in [-0.39, 0.29) is 5.91 Å². The molecule has 0 aromatic heterocycles. The van der Waals surface area contributed by atoms with Crippen LogP contribution in [0.2, 0.25) is 5.02 Å². The molecular formula is C23H18BrClN4O2. The fraction of sp³-hybridized carbons (Fsp3) is 0.0870. The zero-order valence-electron chi connectivity index (χ0n) is 16.5. The number of likely N-dealkylation sites (N-methyl/N-ethyl adjacent to an activating group) is 1. The Morgan fingerprint density at radius 1 is 1.06 bits per heavy atom. The second-order valence-electron chi connectivity index (χ2n) is 6.88. The van der Waals surface area contributed by atoms with Gasteiger partial charge in [0.05, 0.1) is 22.1 Å². The SMILES string of the molecule is CN1C(=O)[C@H](NC(=O)Nc2ccc(Br)cc2Cl)N=C(c2ccccc2)c2ccccc21. The van der Waals surface area contributed by atoms with E-state index in [1.165, 1.54) is 4.90 Å². The normalized spacial score (nSPS) is 15.6.